The normalized spacial score (nSPS) is 11.0. The molecule has 29 heavy (non-hydrogen) atoms. The lowest BCUT2D eigenvalue weighted by molar-refractivity contribution is 0.412. The van der Waals surface area contributed by atoms with Gasteiger partial charge in [0.2, 0.25) is 5.89 Å². The van der Waals surface area contributed by atoms with Crippen molar-refractivity contribution < 1.29 is 9.15 Å². The highest BCUT2D eigenvalue weighted by Gasteiger charge is 2.08. The van der Waals surface area contributed by atoms with Crippen LogP contribution in [-0.2, 0) is 13.1 Å². The molecular formula is C21H24BrIN4O2. The minimum atomic E-state index is 0. The van der Waals surface area contributed by atoms with Crippen molar-refractivity contribution in [1.82, 2.24) is 15.6 Å². The number of benzene rings is 2. The number of aromatic nitrogens is 1. The molecule has 0 unspecified atom stereocenters. The van der Waals surface area contributed by atoms with E-state index in [1.165, 1.54) is 5.56 Å². The van der Waals surface area contributed by atoms with Gasteiger partial charge in [-0.15, -0.1) is 24.0 Å². The Kier molecular flexibility index (Phi) is 8.97. The number of guanidine groups is 1. The van der Waals surface area contributed by atoms with Crippen LogP contribution in [0.1, 0.15) is 16.8 Å². The Morgan fingerprint density at radius 1 is 1.14 bits per heavy atom. The van der Waals surface area contributed by atoms with Crippen molar-refractivity contribution in [1.29, 1.82) is 0 Å². The predicted octanol–water partition coefficient (Wildman–Crippen LogP) is 4.90. The maximum Gasteiger partial charge on any atom is 0.226 e. The molecule has 0 amide bonds. The Morgan fingerprint density at radius 2 is 1.86 bits per heavy atom. The first-order chi connectivity index (χ1) is 13.6. The second-order valence-electron chi connectivity index (χ2n) is 6.26. The number of oxazole rings is 1. The molecule has 2 N–H and O–H groups in total. The van der Waals surface area contributed by atoms with E-state index >= 15 is 0 Å². The van der Waals surface area contributed by atoms with E-state index in [1.807, 2.05) is 42.5 Å². The van der Waals surface area contributed by atoms with Gasteiger partial charge in [-0.25, -0.2) is 4.98 Å². The van der Waals surface area contributed by atoms with Crippen LogP contribution in [0.3, 0.4) is 0 Å². The fourth-order valence-electron chi connectivity index (χ4n) is 2.62. The van der Waals surface area contributed by atoms with E-state index in [2.05, 4.69) is 43.5 Å². The van der Waals surface area contributed by atoms with Gasteiger partial charge in [0.1, 0.15) is 12.0 Å². The Labute approximate surface area is 196 Å². The van der Waals surface area contributed by atoms with E-state index in [1.54, 1.807) is 20.4 Å². The number of methoxy groups -OCH3 is 1. The summed E-state index contributed by atoms with van der Waals surface area (Å²) in [5.74, 6) is 2.11. The van der Waals surface area contributed by atoms with Crippen LogP contribution in [-0.4, -0.2) is 25.1 Å². The number of ether oxygens (including phenoxy) is 1. The molecule has 154 valence electrons. The molecule has 6 nitrogen and oxygen atoms in total. The van der Waals surface area contributed by atoms with Crippen LogP contribution < -0.4 is 15.4 Å². The van der Waals surface area contributed by atoms with Crippen molar-refractivity contribution in [2.75, 3.05) is 14.2 Å². The minimum absolute atomic E-state index is 0. The summed E-state index contributed by atoms with van der Waals surface area (Å²) in [4.78, 5) is 8.78. The van der Waals surface area contributed by atoms with Gasteiger partial charge < -0.3 is 19.8 Å². The predicted molar refractivity (Wildman–Crippen MR) is 130 cm³/mol. The largest absolute Gasteiger partial charge is 0.496 e. The molecule has 0 saturated carbocycles. The highest BCUT2D eigenvalue weighted by Crippen LogP contribution is 2.25. The first kappa shape index (κ1) is 23.2. The molecule has 0 fully saturated rings. The lowest BCUT2D eigenvalue weighted by Gasteiger charge is -2.12. The Morgan fingerprint density at radius 3 is 2.52 bits per heavy atom. The topological polar surface area (TPSA) is 71.7 Å². The van der Waals surface area contributed by atoms with Gasteiger partial charge in [-0.2, -0.15) is 0 Å². The van der Waals surface area contributed by atoms with Crippen LogP contribution in [0.25, 0.3) is 11.5 Å². The van der Waals surface area contributed by atoms with Gasteiger partial charge >= 0.3 is 0 Å². The lowest BCUT2D eigenvalue weighted by atomic mass is 10.1. The minimum Gasteiger partial charge on any atom is -0.496 e. The van der Waals surface area contributed by atoms with Gasteiger partial charge in [0, 0.05) is 19.2 Å². The summed E-state index contributed by atoms with van der Waals surface area (Å²) in [6.45, 7) is 3.20. The lowest BCUT2D eigenvalue weighted by Crippen LogP contribution is -2.36. The summed E-state index contributed by atoms with van der Waals surface area (Å²) in [7, 11) is 3.39. The van der Waals surface area contributed by atoms with Gasteiger partial charge in [0.25, 0.3) is 0 Å². The molecule has 0 atom stereocenters. The second kappa shape index (κ2) is 11.2. The van der Waals surface area contributed by atoms with Crippen molar-refractivity contribution in [3.8, 4) is 17.2 Å². The smallest absolute Gasteiger partial charge is 0.226 e. The maximum atomic E-state index is 5.59. The summed E-state index contributed by atoms with van der Waals surface area (Å²) in [5, 5.41) is 6.53. The zero-order valence-electron chi connectivity index (χ0n) is 16.5. The average molecular weight is 571 g/mol. The van der Waals surface area contributed by atoms with Crippen molar-refractivity contribution >= 4 is 45.9 Å². The molecule has 3 rings (SSSR count). The molecular weight excluding hydrogens is 547 g/mol. The summed E-state index contributed by atoms with van der Waals surface area (Å²) in [6, 6.07) is 14.1. The molecule has 0 radical (unpaired) electrons. The van der Waals surface area contributed by atoms with Crippen LogP contribution >= 0.6 is 39.9 Å². The molecule has 0 bridgehead atoms. The zero-order chi connectivity index (χ0) is 19.9. The number of aliphatic imine (C=N–C) groups is 1. The molecule has 0 saturated heterocycles. The van der Waals surface area contributed by atoms with E-state index in [0.29, 0.717) is 24.9 Å². The highest BCUT2D eigenvalue weighted by molar-refractivity contribution is 14.0. The molecule has 0 aliphatic carbocycles. The van der Waals surface area contributed by atoms with Crippen molar-refractivity contribution in [3.63, 3.8) is 0 Å². The molecule has 3 aromatic rings. The van der Waals surface area contributed by atoms with Crippen molar-refractivity contribution in [2.45, 2.75) is 20.0 Å². The Hall–Kier alpha value is -2.07. The number of nitrogens with zero attached hydrogens (tertiary/aromatic N) is 2. The SMILES string of the molecule is CN=C(NCc1ccc(OC)c(Br)c1)NCc1coc(-c2ccc(C)cc2)n1.I. The molecule has 0 spiro atoms. The van der Waals surface area contributed by atoms with Crippen LogP contribution in [0.2, 0.25) is 0 Å². The quantitative estimate of drug-likeness (QED) is 0.250. The van der Waals surface area contributed by atoms with E-state index in [-0.39, 0.29) is 24.0 Å². The first-order valence-corrected chi connectivity index (χ1v) is 9.66. The fraction of sp³-hybridized carbons (Fsp3) is 0.238. The van der Waals surface area contributed by atoms with Crippen molar-refractivity contribution in [2.24, 2.45) is 4.99 Å². The summed E-state index contributed by atoms with van der Waals surface area (Å²) in [5.41, 5.74) is 4.09. The molecule has 8 heteroatoms. The average Bonchev–Trinajstić information content (AvgIpc) is 3.18. The third-order valence-electron chi connectivity index (χ3n) is 4.19. The first-order valence-electron chi connectivity index (χ1n) is 8.87. The molecule has 2 aromatic carbocycles. The van der Waals surface area contributed by atoms with Gasteiger partial charge in [0.15, 0.2) is 5.96 Å². The van der Waals surface area contributed by atoms with Crippen LogP contribution in [0.15, 0.2) is 62.6 Å². The third-order valence-corrected chi connectivity index (χ3v) is 4.81. The number of halogens is 2. The molecule has 0 aliphatic heterocycles. The van der Waals surface area contributed by atoms with Crippen LogP contribution in [0.5, 0.6) is 5.75 Å². The summed E-state index contributed by atoms with van der Waals surface area (Å²) in [6.07, 6.45) is 1.66. The number of rotatable bonds is 6. The Balaban J connectivity index is 0.00000300. The standard InChI is InChI=1S/C21H23BrN4O2.HI/c1-14-4-7-16(8-5-14)20-26-17(13-28-20)12-25-21(23-2)24-11-15-6-9-19(27-3)18(22)10-15;/h4-10,13H,11-12H2,1-3H3,(H2,23,24,25);1H. The zero-order valence-corrected chi connectivity index (χ0v) is 20.4. The second-order valence-corrected chi connectivity index (χ2v) is 7.11. The summed E-state index contributed by atoms with van der Waals surface area (Å²) < 4.78 is 11.8. The summed E-state index contributed by atoms with van der Waals surface area (Å²) >= 11 is 3.50. The van der Waals surface area contributed by atoms with Crippen LogP contribution in [0.4, 0.5) is 0 Å². The molecule has 0 aliphatic rings. The van der Waals surface area contributed by atoms with Gasteiger partial charge in [-0.3, -0.25) is 4.99 Å². The van der Waals surface area contributed by atoms with Crippen molar-refractivity contribution in [3.05, 3.63) is 70.0 Å². The Bertz CT molecular complexity index is 958. The monoisotopic (exact) mass is 570 g/mol. The molecule has 1 heterocycles. The maximum absolute atomic E-state index is 5.59. The van der Waals surface area contributed by atoms with Gasteiger partial charge in [0.05, 0.1) is 23.8 Å². The number of hydrogen-bond acceptors (Lipinski definition) is 4. The fourth-order valence-corrected chi connectivity index (χ4v) is 3.21. The van der Waals surface area contributed by atoms with Gasteiger partial charge in [-0.1, -0.05) is 23.8 Å². The van der Waals surface area contributed by atoms with E-state index < -0.39 is 0 Å². The number of aryl methyl sites for hydroxylation is 1. The van der Waals surface area contributed by atoms with Crippen LogP contribution in [0, 0.1) is 6.92 Å². The third kappa shape index (κ3) is 6.46. The van der Waals surface area contributed by atoms with E-state index in [0.717, 1.165) is 27.0 Å². The number of hydrogen-bond donors (Lipinski definition) is 2. The van der Waals surface area contributed by atoms with Gasteiger partial charge in [-0.05, 0) is 52.7 Å². The van der Waals surface area contributed by atoms with E-state index in [9.17, 15) is 0 Å². The highest BCUT2D eigenvalue weighted by atomic mass is 127. The number of nitrogens with one attached hydrogen (secondary N) is 2. The molecule has 1 aromatic heterocycles. The van der Waals surface area contributed by atoms with E-state index in [4.69, 9.17) is 9.15 Å².